The fourth-order valence-electron chi connectivity index (χ4n) is 1.70. The molecule has 19 heavy (non-hydrogen) atoms. The van der Waals surface area contributed by atoms with E-state index in [0.29, 0.717) is 18.2 Å². The van der Waals surface area contributed by atoms with Crippen molar-refractivity contribution in [1.29, 1.82) is 0 Å². The molecule has 0 aliphatic carbocycles. The number of hydrogen-bond acceptors (Lipinski definition) is 3. The van der Waals surface area contributed by atoms with Gasteiger partial charge >= 0.3 is 0 Å². The maximum absolute atomic E-state index is 13.1. The Morgan fingerprint density at radius 3 is 2.89 bits per heavy atom. The normalized spacial score (nSPS) is 10.7. The van der Waals surface area contributed by atoms with Crippen molar-refractivity contribution in [3.63, 3.8) is 0 Å². The minimum atomic E-state index is -0.887. The van der Waals surface area contributed by atoms with Gasteiger partial charge < -0.3 is 14.6 Å². The number of methoxy groups -OCH3 is 1. The molecule has 1 heterocycles. The molecule has 0 bridgehead atoms. The summed E-state index contributed by atoms with van der Waals surface area (Å²) in [5, 5.41) is 2.95. The molecule has 1 aromatic carbocycles. The van der Waals surface area contributed by atoms with E-state index in [2.05, 4.69) is 10.3 Å². The van der Waals surface area contributed by atoms with Crippen molar-refractivity contribution < 1.29 is 13.5 Å². The highest BCUT2D eigenvalue weighted by Crippen LogP contribution is 2.18. The van der Waals surface area contributed by atoms with Crippen LogP contribution in [0.2, 0.25) is 0 Å². The van der Waals surface area contributed by atoms with E-state index < -0.39 is 11.6 Å². The SMILES string of the molecule is COCCCn1ccnc1Nc1ccc(F)c(F)c1. The summed E-state index contributed by atoms with van der Waals surface area (Å²) >= 11 is 0. The van der Waals surface area contributed by atoms with Gasteiger partial charge in [0.1, 0.15) is 0 Å². The molecular formula is C13H15F2N3O. The van der Waals surface area contributed by atoms with Crippen LogP contribution in [0.25, 0.3) is 0 Å². The van der Waals surface area contributed by atoms with E-state index in [1.54, 1.807) is 13.3 Å². The number of nitrogens with zero attached hydrogens (tertiary/aromatic N) is 2. The van der Waals surface area contributed by atoms with Crippen LogP contribution < -0.4 is 5.32 Å². The third kappa shape index (κ3) is 3.51. The van der Waals surface area contributed by atoms with E-state index in [4.69, 9.17) is 4.74 Å². The van der Waals surface area contributed by atoms with Crippen molar-refractivity contribution in [2.45, 2.75) is 13.0 Å². The summed E-state index contributed by atoms with van der Waals surface area (Å²) in [6.07, 6.45) is 4.31. The van der Waals surface area contributed by atoms with E-state index in [-0.39, 0.29) is 0 Å². The molecule has 4 nitrogen and oxygen atoms in total. The number of ether oxygens (including phenoxy) is 1. The van der Waals surface area contributed by atoms with Crippen molar-refractivity contribution in [3.8, 4) is 0 Å². The molecular weight excluding hydrogens is 252 g/mol. The first kappa shape index (κ1) is 13.5. The molecule has 0 amide bonds. The molecule has 0 aliphatic rings. The van der Waals surface area contributed by atoms with Gasteiger partial charge in [0.2, 0.25) is 5.95 Å². The average Bonchev–Trinajstić information content (AvgIpc) is 2.82. The predicted molar refractivity (Wildman–Crippen MR) is 68.4 cm³/mol. The fourth-order valence-corrected chi connectivity index (χ4v) is 1.70. The molecule has 102 valence electrons. The van der Waals surface area contributed by atoms with Gasteiger partial charge in [-0.1, -0.05) is 0 Å². The second-order valence-corrected chi connectivity index (χ2v) is 4.04. The molecule has 1 aromatic heterocycles. The minimum Gasteiger partial charge on any atom is -0.385 e. The highest BCUT2D eigenvalue weighted by atomic mass is 19.2. The fraction of sp³-hybridized carbons (Fsp3) is 0.308. The van der Waals surface area contributed by atoms with Gasteiger partial charge in [-0.2, -0.15) is 0 Å². The topological polar surface area (TPSA) is 39.1 Å². The molecule has 2 rings (SSSR count). The van der Waals surface area contributed by atoms with Gasteiger partial charge in [0, 0.05) is 44.4 Å². The number of rotatable bonds is 6. The van der Waals surface area contributed by atoms with E-state index in [0.717, 1.165) is 25.1 Å². The lowest BCUT2D eigenvalue weighted by atomic mass is 10.3. The van der Waals surface area contributed by atoms with Crippen LogP contribution in [0.1, 0.15) is 6.42 Å². The zero-order valence-corrected chi connectivity index (χ0v) is 10.6. The Morgan fingerprint density at radius 2 is 2.16 bits per heavy atom. The number of hydrogen-bond donors (Lipinski definition) is 1. The Kier molecular flexibility index (Phi) is 4.46. The highest BCUT2D eigenvalue weighted by Gasteiger charge is 2.06. The van der Waals surface area contributed by atoms with Crippen LogP contribution in [-0.4, -0.2) is 23.3 Å². The van der Waals surface area contributed by atoms with E-state index in [9.17, 15) is 8.78 Å². The van der Waals surface area contributed by atoms with E-state index >= 15 is 0 Å². The smallest absolute Gasteiger partial charge is 0.207 e. The van der Waals surface area contributed by atoms with Crippen molar-refractivity contribution in [3.05, 3.63) is 42.2 Å². The van der Waals surface area contributed by atoms with Crippen LogP contribution in [0.4, 0.5) is 20.4 Å². The average molecular weight is 267 g/mol. The number of halogens is 2. The summed E-state index contributed by atoms with van der Waals surface area (Å²) in [5.41, 5.74) is 0.457. The molecule has 6 heteroatoms. The van der Waals surface area contributed by atoms with Crippen LogP contribution in [0, 0.1) is 11.6 Å². The Labute approximate surface area is 110 Å². The molecule has 0 fully saturated rings. The quantitative estimate of drug-likeness (QED) is 0.818. The number of benzene rings is 1. The number of aryl methyl sites for hydroxylation is 1. The number of anilines is 2. The lowest BCUT2D eigenvalue weighted by molar-refractivity contribution is 0.190. The van der Waals surface area contributed by atoms with E-state index in [1.807, 2.05) is 10.8 Å². The molecule has 0 saturated carbocycles. The zero-order chi connectivity index (χ0) is 13.7. The minimum absolute atomic E-state index is 0.457. The van der Waals surface area contributed by atoms with Gasteiger partial charge in [0.15, 0.2) is 11.6 Å². The van der Waals surface area contributed by atoms with Crippen LogP contribution >= 0.6 is 0 Å². The van der Waals surface area contributed by atoms with Crippen molar-refractivity contribution in [1.82, 2.24) is 9.55 Å². The van der Waals surface area contributed by atoms with Crippen LogP contribution in [0.3, 0.4) is 0 Å². The summed E-state index contributed by atoms with van der Waals surface area (Å²) < 4.78 is 32.8. The van der Waals surface area contributed by atoms with Gasteiger partial charge in [-0.3, -0.25) is 0 Å². The number of nitrogens with one attached hydrogen (secondary N) is 1. The predicted octanol–water partition coefficient (Wildman–Crippen LogP) is 2.94. The summed E-state index contributed by atoms with van der Waals surface area (Å²) in [7, 11) is 1.65. The monoisotopic (exact) mass is 267 g/mol. The molecule has 0 aliphatic heterocycles. The highest BCUT2D eigenvalue weighted by molar-refractivity contribution is 5.53. The first-order chi connectivity index (χ1) is 9.20. The Bertz CT molecular complexity index is 542. The van der Waals surface area contributed by atoms with Crippen molar-refractivity contribution in [2.24, 2.45) is 0 Å². The molecule has 0 atom stereocenters. The van der Waals surface area contributed by atoms with Gasteiger partial charge in [0.05, 0.1) is 0 Å². The second-order valence-electron chi connectivity index (χ2n) is 4.04. The number of aromatic nitrogens is 2. The lowest BCUT2D eigenvalue weighted by Crippen LogP contribution is -2.05. The molecule has 0 spiro atoms. The van der Waals surface area contributed by atoms with Crippen molar-refractivity contribution in [2.75, 3.05) is 19.0 Å². The van der Waals surface area contributed by atoms with Crippen LogP contribution in [0.15, 0.2) is 30.6 Å². The maximum Gasteiger partial charge on any atom is 0.207 e. The largest absolute Gasteiger partial charge is 0.385 e. The van der Waals surface area contributed by atoms with Gasteiger partial charge in [-0.15, -0.1) is 0 Å². The van der Waals surface area contributed by atoms with Gasteiger partial charge in [0.25, 0.3) is 0 Å². The lowest BCUT2D eigenvalue weighted by Gasteiger charge is -2.09. The summed E-state index contributed by atoms with van der Waals surface area (Å²) in [6.45, 7) is 1.39. The Balaban J connectivity index is 2.06. The molecule has 2 aromatic rings. The van der Waals surface area contributed by atoms with Crippen LogP contribution in [0.5, 0.6) is 0 Å². The Morgan fingerprint density at radius 1 is 1.32 bits per heavy atom. The Hall–Kier alpha value is -1.95. The third-order valence-electron chi connectivity index (χ3n) is 2.64. The van der Waals surface area contributed by atoms with E-state index in [1.165, 1.54) is 6.07 Å². The third-order valence-corrected chi connectivity index (χ3v) is 2.64. The van der Waals surface area contributed by atoms with Gasteiger partial charge in [-0.25, -0.2) is 13.8 Å². The second kappa shape index (κ2) is 6.29. The standard InChI is InChI=1S/C13H15F2N3O/c1-19-8-2-6-18-7-5-16-13(18)17-10-3-4-11(14)12(15)9-10/h3-5,7,9H,2,6,8H2,1H3,(H,16,17). The first-order valence-electron chi connectivity index (χ1n) is 5.93. The summed E-state index contributed by atoms with van der Waals surface area (Å²) in [4.78, 5) is 4.14. The number of imidazole rings is 1. The van der Waals surface area contributed by atoms with Crippen LogP contribution in [-0.2, 0) is 11.3 Å². The zero-order valence-electron chi connectivity index (χ0n) is 10.6. The van der Waals surface area contributed by atoms with Gasteiger partial charge in [-0.05, 0) is 18.6 Å². The van der Waals surface area contributed by atoms with Crippen molar-refractivity contribution >= 4 is 11.6 Å². The first-order valence-corrected chi connectivity index (χ1v) is 5.93. The molecule has 0 saturated heterocycles. The summed E-state index contributed by atoms with van der Waals surface area (Å²) in [6, 6.07) is 3.64. The maximum atomic E-state index is 13.1. The molecule has 0 radical (unpaired) electrons. The summed E-state index contributed by atoms with van der Waals surface area (Å²) in [5.74, 6) is -1.17. The molecule has 1 N–H and O–H groups in total. The molecule has 0 unspecified atom stereocenters.